The zero-order valence-corrected chi connectivity index (χ0v) is 20.6. The van der Waals surface area contributed by atoms with Crippen LogP contribution >= 0.6 is 0 Å². The van der Waals surface area contributed by atoms with Crippen LogP contribution in [-0.2, 0) is 17.3 Å². The Morgan fingerprint density at radius 2 is 1.80 bits per heavy atom. The monoisotopic (exact) mass is 487 g/mol. The summed E-state index contributed by atoms with van der Waals surface area (Å²) in [6.07, 6.45) is 2.23. The van der Waals surface area contributed by atoms with Crippen LogP contribution in [0.4, 0.5) is 5.69 Å². The number of hydrogen-bond acceptors (Lipinski definition) is 4. The minimum atomic E-state index is -1.54. The number of nitrogens with zero attached hydrogens (tertiary/aromatic N) is 2. The molecule has 1 N–H and O–H groups in total. The average molecular weight is 488 g/mol. The molecule has 1 saturated heterocycles. The van der Waals surface area contributed by atoms with Crippen LogP contribution in [0.5, 0.6) is 0 Å². The van der Waals surface area contributed by atoms with Crippen LogP contribution < -0.4 is 10.2 Å². The van der Waals surface area contributed by atoms with Gasteiger partial charge in [-0.2, -0.15) is 0 Å². The maximum atomic E-state index is 13.7. The Morgan fingerprint density at radius 1 is 1.03 bits per heavy atom. The lowest BCUT2D eigenvalue weighted by atomic mass is 10.1. The van der Waals surface area contributed by atoms with Crippen molar-refractivity contribution in [1.82, 2.24) is 10.2 Å². The van der Waals surface area contributed by atoms with Crippen LogP contribution in [0.3, 0.4) is 0 Å². The zero-order valence-electron chi connectivity index (χ0n) is 19.8. The van der Waals surface area contributed by atoms with E-state index in [2.05, 4.69) is 17.1 Å². The summed E-state index contributed by atoms with van der Waals surface area (Å²) in [4.78, 5) is 31.8. The van der Waals surface area contributed by atoms with E-state index in [4.69, 9.17) is 0 Å². The highest BCUT2D eigenvalue weighted by atomic mass is 32.2. The van der Waals surface area contributed by atoms with Crippen molar-refractivity contribution < 1.29 is 13.8 Å². The zero-order chi connectivity index (χ0) is 24.4. The molecule has 0 saturated carbocycles. The second-order valence-corrected chi connectivity index (χ2v) is 10.4. The molecule has 2 heterocycles. The number of benzene rings is 3. The van der Waals surface area contributed by atoms with Crippen LogP contribution in [0.2, 0.25) is 0 Å². The van der Waals surface area contributed by atoms with E-state index in [1.165, 1.54) is 0 Å². The van der Waals surface area contributed by atoms with Crippen molar-refractivity contribution in [1.29, 1.82) is 0 Å². The lowest BCUT2D eigenvalue weighted by molar-refractivity contribution is 0.0938. The van der Waals surface area contributed by atoms with E-state index >= 15 is 0 Å². The third-order valence-corrected chi connectivity index (χ3v) is 8.36. The third-order valence-electron chi connectivity index (χ3n) is 6.86. The molecule has 2 amide bonds. The number of fused-ring (bicyclic) bond motifs is 2. The van der Waals surface area contributed by atoms with Gasteiger partial charge < -0.3 is 10.2 Å². The van der Waals surface area contributed by atoms with Gasteiger partial charge in [-0.15, -0.1) is 0 Å². The number of nitrogens with one attached hydrogen (secondary N) is 1. The second-order valence-electron chi connectivity index (χ2n) is 8.96. The lowest BCUT2D eigenvalue weighted by Crippen LogP contribution is -2.40. The molecule has 35 heavy (non-hydrogen) atoms. The molecule has 3 aromatic carbocycles. The summed E-state index contributed by atoms with van der Waals surface area (Å²) in [6.45, 7) is 5.09. The molecule has 2 aliphatic rings. The minimum absolute atomic E-state index is 0.185. The van der Waals surface area contributed by atoms with Gasteiger partial charge in [-0.1, -0.05) is 49.4 Å². The van der Waals surface area contributed by atoms with Gasteiger partial charge in [-0.25, -0.2) is 4.21 Å². The molecular weight excluding hydrogens is 458 g/mol. The lowest BCUT2D eigenvalue weighted by Gasteiger charge is -2.24. The molecule has 3 aromatic rings. The van der Waals surface area contributed by atoms with Gasteiger partial charge in [0, 0.05) is 18.2 Å². The van der Waals surface area contributed by atoms with Crippen LogP contribution in [0.15, 0.2) is 82.6 Å². The fourth-order valence-corrected chi connectivity index (χ4v) is 6.33. The third kappa shape index (κ3) is 4.66. The number of carbonyl (C=O) groups excluding carboxylic acids is 2. The maximum absolute atomic E-state index is 13.7. The van der Waals surface area contributed by atoms with Crippen LogP contribution in [0, 0.1) is 0 Å². The first kappa shape index (κ1) is 23.5. The Bertz CT molecular complexity index is 1280. The Balaban J connectivity index is 1.49. The van der Waals surface area contributed by atoms with Gasteiger partial charge in [-0.05, 0) is 61.8 Å². The molecule has 180 valence electrons. The Morgan fingerprint density at radius 3 is 2.60 bits per heavy atom. The highest BCUT2D eigenvalue weighted by Crippen LogP contribution is 2.36. The SMILES string of the molecule is CCN1CCC[C@@H]1CNC(=O)c1ccc2c(c1)N(Cc1ccccc1)C(=O)c1ccccc1[S@@]2=O. The number of anilines is 1. The number of amides is 2. The van der Waals surface area contributed by atoms with Gasteiger partial charge in [-0.3, -0.25) is 14.5 Å². The van der Waals surface area contributed by atoms with E-state index in [0.29, 0.717) is 45.7 Å². The molecule has 0 aliphatic carbocycles. The molecule has 5 rings (SSSR count). The molecular formula is C28H29N3O3S. The summed E-state index contributed by atoms with van der Waals surface area (Å²) >= 11 is 0. The summed E-state index contributed by atoms with van der Waals surface area (Å²) < 4.78 is 13.5. The molecule has 0 radical (unpaired) electrons. The summed E-state index contributed by atoms with van der Waals surface area (Å²) in [5, 5.41) is 3.07. The number of hydrogen-bond donors (Lipinski definition) is 1. The molecule has 2 aliphatic heterocycles. The highest BCUT2D eigenvalue weighted by molar-refractivity contribution is 7.85. The van der Waals surface area contributed by atoms with E-state index in [0.717, 1.165) is 31.5 Å². The molecule has 0 aromatic heterocycles. The summed E-state index contributed by atoms with van der Waals surface area (Å²) in [6, 6.07) is 22.2. The quantitative estimate of drug-likeness (QED) is 0.565. The van der Waals surface area contributed by atoms with E-state index in [9.17, 15) is 13.8 Å². The number of carbonyl (C=O) groups is 2. The predicted molar refractivity (Wildman–Crippen MR) is 137 cm³/mol. The first-order valence-electron chi connectivity index (χ1n) is 12.1. The first-order chi connectivity index (χ1) is 17.1. The van der Waals surface area contributed by atoms with Crippen LogP contribution in [-0.4, -0.2) is 46.6 Å². The summed E-state index contributed by atoms with van der Waals surface area (Å²) in [7, 11) is -1.54. The molecule has 7 heteroatoms. The second kappa shape index (κ2) is 10.1. The largest absolute Gasteiger partial charge is 0.350 e. The van der Waals surface area contributed by atoms with E-state index < -0.39 is 10.8 Å². The van der Waals surface area contributed by atoms with Crippen molar-refractivity contribution in [2.45, 2.75) is 42.1 Å². The number of likely N-dealkylation sites (N-methyl/N-ethyl adjacent to an activating group) is 1. The Hall–Kier alpha value is -3.29. The fourth-order valence-electron chi connectivity index (χ4n) is 4.98. The van der Waals surface area contributed by atoms with Gasteiger partial charge in [0.05, 0.1) is 38.4 Å². The van der Waals surface area contributed by atoms with E-state index in [-0.39, 0.29) is 11.8 Å². The Labute approximate surface area is 208 Å². The number of likely N-dealkylation sites (tertiary alicyclic amines) is 1. The van der Waals surface area contributed by atoms with Crippen molar-refractivity contribution in [2.24, 2.45) is 0 Å². The molecule has 1 fully saturated rings. The van der Waals surface area contributed by atoms with Gasteiger partial charge in [0.2, 0.25) is 0 Å². The first-order valence-corrected chi connectivity index (χ1v) is 13.2. The van der Waals surface area contributed by atoms with Crippen LogP contribution in [0.25, 0.3) is 0 Å². The molecule has 2 atom stereocenters. The Kier molecular flexibility index (Phi) is 6.79. The van der Waals surface area contributed by atoms with E-state index in [1.807, 2.05) is 30.3 Å². The van der Waals surface area contributed by atoms with Crippen molar-refractivity contribution in [3.05, 3.63) is 89.5 Å². The molecule has 6 nitrogen and oxygen atoms in total. The van der Waals surface area contributed by atoms with E-state index in [1.54, 1.807) is 47.4 Å². The smallest absolute Gasteiger partial charge is 0.259 e. The molecule has 0 unspecified atom stereocenters. The maximum Gasteiger partial charge on any atom is 0.259 e. The van der Waals surface area contributed by atoms with Crippen molar-refractivity contribution in [3.8, 4) is 0 Å². The molecule has 0 bridgehead atoms. The number of rotatable bonds is 6. The average Bonchev–Trinajstić information content (AvgIpc) is 3.34. The van der Waals surface area contributed by atoms with Gasteiger partial charge in [0.15, 0.2) is 0 Å². The van der Waals surface area contributed by atoms with Gasteiger partial charge >= 0.3 is 0 Å². The predicted octanol–water partition coefficient (Wildman–Crippen LogP) is 4.23. The van der Waals surface area contributed by atoms with Gasteiger partial charge in [0.1, 0.15) is 0 Å². The highest BCUT2D eigenvalue weighted by Gasteiger charge is 2.32. The van der Waals surface area contributed by atoms with Gasteiger partial charge in [0.25, 0.3) is 11.8 Å². The summed E-state index contributed by atoms with van der Waals surface area (Å²) in [5.74, 6) is -0.408. The molecule has 0 spiro atoms. The topological polar surface area (TPSA) is 69.7 Å². The van der Waals surface area contributed by atoms with Crippen LogP contribution in [0.1, 0.15) is 46.0 Å². The normalized spacial score (nSPS) is 19.7. The minimum Gasteiger partial charge on any atom is -0.350 e. The van der Waals surface area contributed by atoms with Crippen molar-refractivity contribution in [3.63, 3.8) is 0 Å². The summed E-state index contributed by atoms with van der Waals surface area (Å²) in [5.41, 5.74) is 2.34. The fraction of sp³-hybridized carbons (Fsp3) is 0.286. The standard InChI is InChI=1S/C28H29N3O3S/c1-2-30-16-8-11-22(30)18-29-27(32)21-14-15-26-24(17-21)31(19-20-9-4-3-5-10-20)28(33)23-12-6-7-13-25(23)35(26)34/h3-7,9-10,12-15,17,22H,2,8,11,16,18-19H2,1H3,(H,29,32)/t22-,35+/m1/s1. The van der Waals surface area contributed by atoms with Crippen molar-refractivity contribution >= 4 is 28.3 Å². The van der Waals surface area contributed by atoms with Crippen molar-refractivity contribution in [2.75, 3.05) is 24.5 Å².